The second-order valence-corrected chi connectivity index (χ2v) is 5.68. The molecule has 0 radical (unpaired) electrons. The molecule has 0 unspecified atom stereocenters. The molecule has 0 saturated heterocycles. The number of hydrogen-bond donors (Lipinski definition) is 1. The molecule has 7 heteroatoms. The van der Waals surface area contributed by atoms with Gasteiger partial charge in [-0.15, -0.1) is 0 Å². The van der Waals surface area contributed by atoms with Gasteiger partial charge >= 0.3 is 0 Å². The molecular weight excluding hydrogens is 351 g/mol. The van der Waals surface area contributed by atoms with Gasteiger partial charge in [0, 0.05) is 10.6 Å². The summed E-state index contributed by atoms with van der Waals surface area (Å²) in [6, 6.07) is 12.1. The van der Waals surface area contributed by atoms with Gasteiger partial charge in [0.1, 0.15) is 5.75 Å². The molecule has 0 aromatic heterocycles. The van der Waals surface area contributed by atoms with E-state index >= 15 is 0 Å². The summed E-state index contributed by atoms with van der Waals surface area (Å²) in [4.78, 5) is 17.3. The maximum atomic E-state index is 12.1. The predicted molar refractivity (Wildman–Crippen MR) is 96.2 cm³/mol. The molecule has 0 saturated carbocycles. The first-order valence-corrected chi connectivity index (χ1v) is 7.85. The van der Waals surface area contributed by atoms with Crippen molar-refractivity contribution in [3.8, 4) is 5.75 Å². The number of carbonyl (C=O) groups excluding carboxylic acids is 1. The fourth-order valence-corrected chi connectivity index (χ4v) is 2.16. The van der Waals surface area contributed by atoms with Crippen molar-refractivity contribution in [2.75, 3.05) is 12.4 Å². The molecule has 2 rings (SSSR count). The molecule has 5 nitrogen and oxygen atoms in total. The highest BCUT2D eigenvalue weighted by atomic mass is 35.5. The average Bonchev–Trinajstić information content (AvgIpc) is 2.58. The van der Waals surface area contributed by atoms with Crippen LogP contribution < -0.4 is 10.1 Å². The van der Waals surface area contributed by atoms with Crippen LogP contribution in [0.3, 0.4) is 0 Å². The lowest BCUT2D eigenvalue weighted by Crippen LogP contribution is -2.26. The zero-order valence-electron chi connectivity index (χ0n) is 13.1. The van der Waals surface area contributed by atoms with E-state index in [-0.39, 0.29) is 0 Å². The maximum absolute atomic E-state index is 12.1. The highest BCUT2D eigenvalue weighted by Crippen LogP contribution is 2.25. The van der Waals surface area contributed by atoms with Gasteiger partial charge in [-0.3, -0.25) is 4.79 Å². The Morgan fingerprint density at radius 2 is 2.00 bits per heavy atom. The standard InChI is InChI=1S/C17H16Cl2N2O3/c1-11(17(22)21-15-9-13(18)7-8-14(15)19)24-20-10-12-5-3-4-6-16(12)23-2/h3-11H,1-2H3,(H,21,22)/b20-10-/t11-/m1/s1. The number of methoxy groups -OCH3 is 1. The number of anilines is 1. The van der Waals surface area contributed by atoms with Gasteiger partial charge in [0.15, 0.2) is 0 Å². The summed E-state index contributed by atoms with van der Waals surface area (Å²) in [5.41, 5.74) is 1.16. The minimum absolute atomic E-state index is 0.387. The van der Waals surface area contributed by atoms with Gasteiger partial charge in [-0.25, -0.2) is 0 Å². The molecule has 0 spiro atoms. The molecule has 1 amide bonds. The maximum Gasteiger partial charge on any atom is 0.268 e. The van der Waals surface area contributed by atoms with Crippen LogP contribution in [0.1, 0.15) is 12.5 Å². The number of oxime groups is 1. The molecule has 2 aromatic carbocycles. The van der Waals surface area contributed by atoms with Crippen LogP contribution in [0.4, 0.5) is 5.69 Å². The molecule has 1 N–H and O–H groups in total. The number of amides is 1. The molecule has 0 aliphatic carbocycles. The molecule has 1 atom stereocenters. The second kappa shape index (κ2) is 8.57. The Morgan fingerprint density at radius 3 is 2.75 bits per heavy atom. The number of nitrogens with one attached hydrogen (secondary N) is 1. The van der Waals surface area contributed by atoms with Crippen molar-refractivity contribution < 1.29 is 14.4 Å². The normalized spacial score (nSPS) is 12.0. The Balaban J connectivity index is 1.96. The minimum Gasteiger partial charge on any atom is -0.496 e. The lowest BCUT2D eigenvalue weighted by Gasteiger charge is -2.12. The smallest absolute Gasteiger partial charge is 0.268 e. The van der Waals surface area contributed by atoms with Crippen LogP contribution in [0.15, 0.2) is 47.6 Å². The van der Waals surface area contributed by atoms with E-state index in [1.807, 2.05) is 18.2 Å². The fraction of sp³-hybridized carbons (Fsp3) is 0.176. The van der Waals surface area contributed by atoms with Gasteiger partial charge in [0.2, 0.25) is 6.10 Å². The lowest BCUT2D eigenvalue weighted by atomic mass is 10.2. The van der Waals surface area contributed by atoms with Crippen molar-refractivity contribution >= 4 is 41.0 Å². The molecule has 0 aliphatic heterocycles. The van der Waals surface area contributed by atoms with E-state index < -0.39 is 12.0 Å². The monoisotopic (exact) mass is 366 g/mol. The summed E-state index contributed by atoms with van der Waals surface area (Å²) in [6.45, 7) is 1.58. The molecule has 0 fully saturated rings. The molecule has 0 bridgehead atoms. The highest BCUT2D eigenvalue weighted by molar-refractivity contribution is 6.35. The van der Waals surface area contributed by atoms with Crippen molar-refractivity contribution in [2.45, 2.75) is 13.0 Å². The number of rotatable bonds is 6. The third-order valence-electron chi connectivity index (χ3n) is 3.11. The summed E-state index contributed by atoms with van der Waals surface area (Å²) < 4.78 is 5.20. The Bertz CT molecular complexity index is 750. The van der Waals surface area contributed by atoms with Gasteiger partial charge in [0.25, 0.3) is 5.91 Å². The summed E-state index contributed by atoms with van der Waals surface area (Å²) >= 11 is 11.9. The summed E-state index contributed by atoms with van der Waals surface area (Å²) in [6.07, 6.45) is 0.667. The molecule has 126 valence electrons. The topological polar surface area (TPSA) is 59.9 Å². The first-order chi connectivity index (χ1) is 11.5. The number of hydrogen-bond acceptors (Lipinski definition) is 4. The fourth-order valence-electron chi connectivity index (χ4n) is 1.83. The van der Waals surface area contributed by atoms with Crippen LogP contribution in [-0.2, 0) is 9.63 Å². The Kier molecular flexibility index (Phi) is 6.46. The second-order valence-electron chi connectivity index (χ2n) is 4.84. The number of carbonyl (C=O) groups is 1. The average molecular weight is 367 g/mol. The summed E-state index contributed by atoms with van der Waals surface area (Å²) in [5.74, 6) is 0.268. The minimum atomic E-state index is -0.814. The van der Waals surface area contributed by atoms with E-state index in [0.29, 0.717) is 21.5 Å². The van der Waals surface area contributed by atoms with E-state index in [1.54, 1.807) is 38.3 Å². The van der Waals surface area contributed by atoms with Crippen molar-refractivity contribution in [1.82, 2.24) is 0 Å². The Hall–Kier alpha value is -2.24. The van der Waals surface area contributed by atoms with Crippen molar-refractivity contribution in [2.24, 2.45) is 5.16 Å². The summed E-state index contributed by atoms with van der Waals surface area (Å²) in [7, 11) is 1.57. The van der Waals surface area contributed by atoms with Crippen LogP contribution in [0.5, 0.6) is 5.75 Å². The van der Waals surface area contributed by atoms with Gasteiger partial charge in [-0.1, -0.05) is 40.5 Å². The quantitative estimate of drug-likeness (QED) is 0.609. The molecule has 24 heavy (non-hydrogen) atoms. The van der Waals surface area contributed by atoms with E-state index in [9.17, 15) is 4.79 Å². The SMILES string of the molecule is COc1ccccc1/C=N\O[C@H](C)C(=O)Nc1cc(Cl)ccc1Cl. The number of benzene rings is 2. The van der Waals surface area contributed by atoms with Crippen LogP contribution >= 0.6 is 23.2 Å². The van der Waals surface area contributed by atoms with Crippen LogP contribution in [0.25, 0.3) is 0 Å². The van der Waals surface area contributed by atoms with E-state index in [0.717, 1.165) is 5.56 Å². The lowest BCUT2D eigenvalue weighted by molar-refractivity contribution is -0.126. The predicted octanol–water partition coefficient (Wildman–Crippen LogP) is 4.38. The van der Waals surface area contributed by atoms with E-state index in [1.165, 1.54) is 6.21 Å². The molecule has 0 heterocycles. The zero-order valence-corrected chi connectivity index (χ0v) is 14.6. The highest BCUT2D eigenvalue weighted by Gasteiger charge is 2.15. The largest absolute Gasteiger partial charge is 0.496 e. The first kappa shape index (κ1) is 18.1. The number of nitrogens with zero attached hydrogens (tertiary/aromatic N) is 1. The third kappa shape index (κ3) is 4.88. The van der Waals surface area contributed by atoms with Gasteiger partial charge in [-0.05, 0) is 37.3 Å². The van der Waals surface area contributed by atoms with Crippen molar-refractivity contribution in [3.05, 3.63) is 58.1 Å². The molecular formula is C17H16Cl2N2O3. The van der Waals surface area contributed by atoms with Crippen LogP contribution in [0.2, 0.25) is 10.0 Å². The number of para-hydroxylation sites is 1. The number of halogens is 2. The van der Waals surface area contributed by atoms with Gasteiger partial charge in [0.05, 0.1) is 24.0 Å². The van der Waals surface area contributed by atoms with Gasteiger partial charge < -0.3 is 14.9 Å². The molecule has 2 aromatic rings. The number of ether oxygens (including phenoxy) is 1. The van der Waals surface area contributed by atoms with Crippen molar-refractivity contribution in [1.29, 1.82) is 0 Å². The van der Waals surface area contributed by atoms with Gasteiger partial charge in [-0.2, -0.15) is 0 Å². The Labute approximate surface area is 150 Å². The van der Waals surface area contributed by atoms with E-state index in [2.05, 4.69) is 10.5 Å². The van der Waals surface area contributed by atoms with Crippen LogP contribution in [-0.4, -0.2) is 25.3 Å². The summed E-state index contributed by atoms with van der Waals surface area (Å²) in [5, 5.41) is 7.33. The third-order valence-corrected chi connectivity index (χ3v) is 3.67. The van der Waals surface area contributed by atoms with E-state index in [4.69, 9.17) is 32.8 Å². The van der Waals surface area contributed by atoms with Crippen LogP contribution in [0, 0.1) is 0 Å². The molecule has 0 aliphatic rings. The van der Waals surface area contributed by atoms with Crippen molar-refractivity contribution in [3.63, 3.8) is 0 Å². The zero-order chi connectivity index (χ0) is 17.5. The Morgan fingerprint density at radius 1 is 1.25 bits per heavy atom. The first-order valence-electron chi connectivity index (χ1n) is 7.09.